The highest BCUT2D eigenvalue weighted by atomic mass is 35.5. The summed E-state index contributed by atoms with van der Waals surface area (Å²) in [6, 6.07) is 9.92. The van der Waals surface area contributed by atoms with Crippen molar-refractivity contribution in [2.75, 3.05) is 5.75 Å². The maximum Gasteiger partial charge on any atom is 0.230 e. The Hall–Kier alpha value is -1.59. The third-order valence-electron chi connectivity index (χ3n) is 5.39. The summed E-state index contributed by atoms with van der Waals surface area (Å²) in [6.45, 7) is 1.94. The van der Waals surface area contributed by atoms with Crippen LogP contribution in [0.5, 0.6) is 0 Å². The van der Waals surface area contributed by atoms with Gasteiger partial charge in [0.2, 0.25) is 5.91 Å². The van der Waals surface area contributed by atoms with E-state index >= 15 is 0 Å². The number of aromatic nitrogens is 2. The molecule has 2 aliphatic carbocycles. The van der Waals surface area contributed by atoms with Crippen LogP contribution in [0.15, 0.2) is 35.5 Å². The van der Waals surface area contributed by atoms with E-state index in [0.29, 0.717) is 27.9 Å². The quantitative estimate of drug-likeness (QED) is 0.606. The lowest BCUT2D eigenvalue weighted by atomic mass is 9.95. The van der Waals surface area contributed by atoms with E-state index in [9.17, 15) is 4.79 Å². The van der Waals surface area contributed by atoms with Crippen molar-refractivity contribution in [3.8, 4) is 11.3 Å². The first-order chi connectivity index (χ1) is 12.6. The van der Waals surface area contributed by atoms with Crippen LogP contribution in [0.1, 0.15) is 31.4 Å². The first-order valence-electron chi connectivity index (χ1n) is 9.10. The van der Waals surface area contributed by atoms with Crippen LogP contribution in [-0.4, -0.2) is 27.7 Å². The standard InChI is InChI=1S/C20H22ClN3OS/c1-12-8-17(14-4-6-16(21)7-5-14)24-20(22-12)26-11-19(25)23-18-10-13-2-3-15(18)9-13/h4-8,13,15,18H,2-3,9-11H2,1H3,(H,23,25). The van der Waals surface area contributed by atoms with Gasteiger partial charge in [-0.05, 0) is 56.2 Å². The van der Waals surface area contributed by atoms with Crippen LogP contribution >= 0.6 is 23.4 Å². The zero-order valence-corrected chi connectivity index (χ0v) is 16.3. The number of aryl methyl sites for hydroxylation is 1. The van der Waals surface area contributed by atoms with Crippen LogP contribution < -0.4 is 5.32 Å². The molecule has 3 atom stereocenters. The second kappa shape index (κ2) is 7.57. The van der Waals surface area contributed by atoms with Gasteiger partial charge in [-0.25, -0.2) is 9.97 Å². The molecule has 2 aliphatic rings. The van der Waals surface area contributed by atoms with Crippen molar-refractivity contribution in [3.63, 3.8) is 0 Å². The summed E-state index contributed by atoms with van der Waals surface area (Å²) in [5.74, 6) is 1.98. The van der Waals surface area contributed by atoms with E-state index in [-0.39, 0.29) is 5.91 Å². The van der Waals surface area contributed by atoms with E-state index in [1.807, 2.05) is 37.3 Å². The number of hydrogen-bond acceptors (Lipinski definition) is 4. The molecule has 1 heterocycles. The summed E-state index contributed by atoms with van der Waals surface area (Å²) in [4.78, 5) is 21.4. The monoisotopic (exact) mass is 387 g/mol. The van der Waals surface area contributed by atoms with E-state index in [1.165, 1.54) is 31.0 Å². The number of nitrogens with zero attached hydrogens (tertiary/aromatic N) is 2. The minimum atomic E-state index is 0.0886. The summed E-state index contributed by atoms with van der Waals surface area (Å²) in [6.07, 6.45) is 5.07. The molecule has 2 fully saturated rings. The molecule has 1 N–H and O–H groups in total. The molecule has 4 rings (SSSR count). The molecule has 0 aliphatic heterocycles. The number of amides is 1. The molecular weight excluding hydrogens is 366 g/mol. The molecule has 2 aromatic rings. The van der Waals surface area contributed by atoms with E-state index in [1.54, 1.807) is 0 Å². The van der Waals surface area contributed by atoms with Gasteiger partial charge in [0.1, 0.15) is 0 Å². The van der Waals surface area contributed by atoms with E-state index < -0.39 is 0 Å². The largest absolute Gasteiger partial charge is 0.352 e. The first-order valence-corrected chi connectivity index (χ1v) is 10.5. The van der Waals surface area contributed by atoms with Crippen molar-refractivity contribution in [1.29, 1.82) is 0 Å². The third kappa shape index (κ3) is 4.04. The summed E-state index contributed by atoms with van der Waals surface area (Å²) < 4.78 is 0. The summed E-state index contributed by atoms with van der Waals surface area (Å²) in [7, 11) is 0. The van der Waals surface area contributed by atoms with Crippen LogP contribution in [0.3, 0.4) is 0 Å². The van der Waals surface area contributed by atoms with Crippen LogP contribution in [-0.2, 0) is 4.79 Å². The maximum absolute atomic E-state index is 12.3. The lowest BCUT2D eigenvalue weighted by Crippen LogP contribution is -2.39. The smallest absolute Gasteiger partial charge is 0.230 e. The van der Waals surface area contributed by atoms with Crippen molar-refractivity contribution in [2.24, 2.45) is 11.8 Å². The van der Waals surface area contributed by atoms with E-state index in [0.717, 1.165) is 29.3 Å². The van der Waals surface area contributed by atoms with Crippen molar-refractivity contribution in [3.05, 3.63) is 41.0 Å². The number of halogens is 1. The van der Waals surface area contributed by atoms with Gasteiger partial charge >= 0.3 is 0 Å². The average Bonchev–Trinajstić information content (AvgIpc) is 3.23. The lowest BCUT2D eigenvalue weighted by molar-refractivity contribution is -0.119. The predicted molar refractivity (Wildman–Crippen MR) is 105 cm³/mol. The molecule has 1 aromatic carbocycles. The van der Waals surface area contributed by atoms with Gasteiger partial charge in [0.05, 0.1) is 11.4 Å². The molecule has 26 heavy (non-hydrogen) atoms. The number of thioether (sulfide) groups is 1. The Bertz CT molecular complexity index is 811. The van der Waals surface area contributed by atoms with Gasteiger partial charge in [-0.3, -0.25) is 4.79 Å². The number of carbonyl (C=O) groups excluding carboxylic acids is 1. The molecule has 1 aromatic heterocycles. The Morgan fingerprint density at radius 1 is 1.23 bits per heavy atom. The second-order valence-electron chi connectivity index (χ2n) is 7.32. The molecule has 2 saturated carbocycles. The van der Waals surface area contributed by atoms with Gasteiger partial charge in [-0.2, -0.15) is 0 Å². The lowest BCUT2D eigenvalue weighted by Gasteiger charge is -2.22. The molecular formula is C20H22ClN3OS. The fourth-order valence-electron chi connectivity index (χ4n) is 4.17. The van der Waals surface area contributed by atoms with Crippen LogP contribution in [0.25, 0.3) is 11.3 Å². The SMILES string of the molecule is Cc1cc(-c2ccc(Cl)cc2)nc(SCC(=O)NC2CC3CCC2C3)n1. The molecule has 136 valence electrons. The zero-order valence-electron chi connectivity index (χ0n) is 14.7. The Kier molecular flexibility index (Phi) is 5.18. The molecule has 0 radical (unpaired) electrons. The highest BCUT2D eigenvalue weighted by molar-refractivity contribution is 7.99. The average molecular weight is 388 g/mol. The fraction of sp³-hybridized carbons (Fsp3) is 0.450. The van der Waals surface area contributed by atoms with Gasteiger partial charge in [0.25, 0.3) is 0 Å². The van der Waals surface area contributed by atoms with E-state index in [4.69, 9.17) is 11.6 Å². The highest BCUT2D eigenvalue weighted by Gasteiger charge is 2.39. The van der Waals surface area contributed by atoms with Gasteiger partial charge < -0.3 is 5.32 Å². The molecule has 1 amide bonds. The number of benzene rings is 1. The van der Waals surface area contributed by atoms with Crippen LogP contribution in [0.4, 0.5) is 0 Å². The normalized spacial score (nSPS) is 24.0. The van der Waals surface area contributed by atoms with E-state index in [2.05, 4.69) is 15.3 Å². The topological polar surface area (TPSA) is 54.9 Å². The second-order valence-corrected chi connectivity index (χ2v) is 8.70. The van der Waals surface area contributed by atoms with Crippen molar-refractivity contribution < 1.29 is 4.79 Å². The zero-order chi connectivity index (χ0) is 18.1. The van der Waals surface area contributed by atoms with Crippen LogP contribution in [0, 0.1) is 18.8 Å². The van der Waals surface area contributed by atoms with Crippen LogP contribution in [0.2, 0.25) is 5.02 Å². The first kappa shape index (κ1) is 17.8. The summed E-state index contributed by atoms with van der Waals surface area (Å²) in [5.41, 5.74) is 2.74. The predicted octanol–water partition coefficient (Wildman–Crippen LogP) is 4.50. The third-order valence-corrected chi connectivity index (χ3v) is 6.49. The molecule has 0 saturated heterocycles. The minimum absolute atomic E-state index is 0.0886. The van der Waals surface area contributed by atoms with Gasteiger partial charge in [0.15, 0.2) is 5.16 Å². The number of hydrogen-bond donors (Lipinski definition) is 1. The molecule has 2 bridgehead atoms. The minimum Gasteiger partial charge on any atom is -0.352 e. The van der Waals surface area contributed by atoms with Crippen molar-refractivity contribution in [1.82, 2.24) is 15.3 Å². The number of fused-ring (bicyclic) bond motifs is 2. The van der Waals surface area contributed by atoms with Gasteiger partial charge in [-0.1, -0.05) is 41.9 Å². The molecule has 4 nitrogen and oxygen atoms in total. The molecule has 0 spiro atoms. The Morgan fingerprint density at radius 2 is 2.04 bits per heavy atom. The fourth-order valence-corrected chi connectivity index (χ4v) is 5.02. The maximum atomic E-state index is 12.3. The number of rotatable bonds is 5. The summed E-state index contributed by atoms with van der Waals surface area (Å²) in [5, 5.41) is 4.56. The molecule has 6 heteroatoms. The highest BCUT2D eigenvalue weighted by Crippen LogP contribution is 2.44. The molecule has 3 unspecified atom stereocenters. The van der Waals surface area contributed by atoms with Crippen molar-refractivity contribution in [2.45, 2.75) is 43.8 Å². The number of nitrogens with one attached hydrogen (secondary N) is 1. The van der Waals surface area contributed by atoms with Crippen molar-refractivity contribution >= 4 is 29.3 Å². The summed E-state index contributed by atoms with van der Waals surface area (Å²) >= 11 is 7.36. The van der Waals surface area contributed by atoms with Gasteiger partial charge in [0, 0.05) is 22.3 Å². The Balaban J connectivity index is 1.38. The Labute approximate surface area is 163 Å². The Morgan fingerprint density at radius 3 is 2.73 bits per heavy atom. The van der Waals surface area contributed by atoms with Gasteiger partial charge in [-0.15, -0.1) is 0 Å². The number of carbonyl (C=O) groups is 1.